The zero-order chi connectivity index (χ0) is 30.3. The summed E-state index contributed by atoms with van der Waals surface area (Å²) in [6.45, 7) is 13.3. The van der Waals surface area contributed by atoms with Crippen LogP contribution in [0.3, 0.4) is 0 Å². The third-order valence-corrected chi connectivity index (χ3v) is 9.04. The average molecular weight is 579 g/mol. The summed E-state index contributed by atoms with van der Waals surface area (Å²) in [4.78, 5) is 37.9. The van der Waals surface area contributed by atoms with Gasteiger partial charge in [-0.25, -0.2) is 9.59 Å². The van der Waals surface area contributed by atoms with Crippen molar-refractivity contribution >= 4 is 17.9 Å². The molecular formula is C35H62O6. The van der Waals surface area contributed by atoms with Crippen molar-refractivity contribution in [3.8, 4) is 0 Å². The summed E-state index contributed by atoms with van der Waals surface area (Å²) >= 11 is 0. The Morgan fingerprint density at radius 2 is 1.22 bits per heavy atom. The smallest absolute Gasteiger partial charge is 0.350 e. The van der Waals surface area contributed by atoms with Crippen LogP contribution in [-0.4, -0.2) is 36.7 Å². The van der Waals surface area contributed by atoms with E-state index in [4.69, 9.17) is 14.2 Å². The summed E-state index contributed by atoms with van der Waals surface area (Å²) in [5.74, 6) is -0.0266. The van der Waals surface area contributed by atoms with Crippen LogP contribution < -0.4 is 0 Å². The lowest BCUT2D eigenvalue weighted by Gasteiger charge is -2.36. The normalized spacial score (nSPS) is 20.1. The van der Waals surface area contributed by atoms with Crippen LogP contribution in [0, 0.1) is 17.8 Å². The highest BCUT2D eigenvalue weighted by Crippen LogP contribution is 2.37. The van der Waals surface area contributed by atoms with Gasteiger partial charge in [0.15, 0.2) is 0 Å². The van der Waals surface area contributed by atoms with E-state index in [2.05, 4.69) is 34.3 Å². The van der Waals surface area contributed by atoms with Crippen LogP contribution in [0.2, 0.25) is 0 Å². The maximum Gasteiger partial charge on any atom is 0.350 e. The topological polar surface area (TPSA) is 78.9 Å². The van der Waals surface area contributed by atoms with Gasteiger partial charge in [-0.05, 0) is 50.4 Å². The number of carbonyl (C=O) groups excluding carboxylic acids is 3. The molecule has 2 unspecified atom stereocenters. The number of hydrogen-bond donors (Lipinski definition) is 0. The number of rotatable bonds is 24. The second-order valence-corrected chi connectivity index (χ2v) is 12.2. The molecule has 0 aromatic carbocycles. The fourth-order valence-electron chi connectivity index (χ4n) is 6.00. The largest absolute Gasteiger partial charge is 0.465 e. The van der Waals surface area contributed by atoms with Gasteiger partial charge < -0.3 is 14.2 Å². The molecule has 0 aromatic heterocycles. The first kappa shape index (κ1) is 37.2. The Kier molecular flexibility index (Phi) is 20.6. The van der Waals surface area contributed by atoms with Crippen LogP contribution in [0.1, 0.15) is 156 Å². The minimum Gasteiger partial charge on any atom is -0.465 e. The van der Waals surface area contributed by atoms with E-state index in [0.717, 1.165) is 50.0 Å². The molecule has 0 radical (unpaired) electrons. The second-order valence-electron chi connectivity index (χ2n) is 12.2. The van der Waals surface area contributed by atoms with Crippen LogP contribution in [0.25, 0.3) is 0 Å². The first-order chi connectivity index (χ1) is 19.8. The summed E-state index contributed by atoms with van der Waals surface area (Å²) in [5, 5.41) is 0. The maximum atomic E-state index is 13.1. The first-order valence-electron chi connectivity index (χ1n) is 17.0. The molecule has 0 N–H and O–H groups in total. The maximum absolute atomic E-state index is 13.1. The minimum absolute atomic E-state index is 0.208. The number of carbonyl (C=O) groups is 3. The molecule has 0 heterocycles. The SMILES string of the molecule is C=CC(=O)OC1(C(=O)OCCCCCC(CC)CCCC)CCC(C(=O)OCCCCCC(CC)CCCC)CC1. The Balaban J connectivity index is 2.41. The molecule has 0 saturated heterocycles. The van der Waals surface area contributed by atoms with E-state index < -0.39 is 17.5 Å². The zero-order valence-electron chi connectivity index (χ0n) is 27.0. The van der Waals surface area contributed by atoms with Crippen molar-refractivity contribution < 1.29 is 28.6 Å². The molecule has 2 atom stereocenters. The average Bonchev–Trinajstić information content (AvgIpc) is 2.99. The van der Waals surface area contributed by atoms with E-state index in [1.54, 1.807) is 0 Å². The van der Waals surface area contributed by atoms with Gasteiger partial charge in [0.25, 0.3) is 0 Å². The molecule has 41 heavy (non-hydrogen) atoms. The lowest BCUT2D eigenvalue weighted by atomic mass is 9.78. The van der Waals surface area contributed by atoms with Crippen LogP contribution in [-0.2, 0) is 28.6 Å². The molecular weight excluding hydrogens is 516 g/mol. The Bertz CT molecular complexity index is 724. The second kappa shape index (κ2) is 22.7. The number of hydrogen-bond acceptors (Lipinski definition) is 6. The highest BCUT2D eigenvalue weighted by Gasteiger charge is 2.48. The van der Waals surface area contributed by atoms with Gasteiger partial charge in [0.05, 0.1) is 19.1 Å². The molecule has 1 aliphatic rings. The molecule has 0 spiro atoms. The van der Waals surface area contributed by atoms with Gasteiger partial charge >= 0.3 is 17.9 Å². The van der Waals surface area contributed by atoms with Crippen molar-refractivity contribution in [1.82, 2.24) is 0 Å². The molecule has 6 nitrogen and oxygen atoms in total. The molecule has 1 rings (SSSR count). The third-order valence-electron chi connectivity index (χ3n) is 9.04. The lowest BCUT2D eigenvalue weighted by molar-refractivity contribution is -0.186. The van der Waals surface area contributed by atoms with Crippen molar-refractivity contribution in [1.29, 1.82) is 0 Å². The Morgan fingerprint density at radius 1 is 0.732 bits per heavy atom. The van der Waals surface area contributed by atoms with E-state index in [1.807, 2.05) is 0 Å². The van der Waals surface area contributed by atoms with Gasteiger partial charge in [0.1, 0.15) is 0 Å². The molecule has 0 amide bonds. The summed E-state index contributed by atoms with van der Waals surface area (Å²) in [6.07, 6.45) is 21.2. The van der Waals surface area contributed by atoms with Gasteiger partial charge in [-0.2, -0.15) is 0 Å². The van der Waals surface area contributed by atoms with Crippen LogP contribution in [0.5, 0.6) is 0 Å². The van der Waals surface area contributed by atoms with Crippen molar-refractivity contribution in [3.63, 3.8) is 0 Å². The van der Waals surface area contributed by atoms with E-state index in [-0.39, 0.29) is 24.7 Å². The van der Waals surface area contributed by atoms with Gasteiger partial charge in [-0.15, -0.1) is 0 Å². The van der Waals surface area contributed by atoms with Crippen molar-refractivity contribution in [2.24, 2.45) is 17.8 Å². The van der Waals surface area contributed by atoms with Crippen molar-refractivity contribution in [3.05, 3.63) is 12.7 Å². The predicted octanol–water partition coefficient (Wildman–Crippen LogP) is 9.28. The standard InChI is InChI=1S/C35H62O6/c1-6-11-19-29(8-3)21-15-13-17-27-39-33(37)31-23-25-35(26-24-31,41-32(36)10-5)34(38)40-28-18-14-16-22-30(9-4)20-12-7-2/h10,29-31H,5-9,11-28H2,1-4H3. The lowest BCUT2D eigenvalue weighted by Crippen LogP contribution is -2.48. The first-order valence-corrected chi connectivity index (χ1v) is 17.0. The predicted molar refractivity (Wildman–Crippen MR) is 166 cm³/mol. The van der Waals surface area contributed by atoms with Crippen LogP contribution >= 0.6 is 0 Å². The highest BCUT2D eigenvalue weighted by molar-refractivity contribution is 5.88. The molecule has 1 aliphatic carbocycles. The van der Waals surface area contributed by atoms with Crippen LogP contribution in [0.15, 0.2) is 12.7 Å². The Hall–Kier alpha value is -1.85. The number of ether oxygens (including phenoxy) is 3. The van der Waals surface area contributed by atoms with Crippen LogP contribution in [0.4, 0.5) is 0 Å². The van der Waals surface area contributed by atoms with Gasteiger partial charge in [0.2, 0.25) is 5.60 Å². The van der Waals surface area contributed by atoms with Gasteiger partial charge in [-0.3, -0.25) is 4.79 Å². The highest BCUT2D eigenvalue weighted by atomic mass is 16.6. The number of esters is 3. The zero-order valence-corrected chi connectivity index (χ0v) is 27.0. The molecule has 0 aromatic rings. The fourth-order valence-corrected chi connectivity index (χ4v) is 6.00. The minimum atomic E-state index is -1.34. The summed E-state index contributed by atoms with van der Waals surface area (Å²) in [6, 6.07) is 0. The summed E-state index contributed by atoms with van der Waals surface area (Å²) in [7, 11) is 0. The van der Waals surface area contributed by atoms with E-state index in [9.17, 15) is 14.4 Å². The Morgan fingerprint density at radius 3 is 1.68 bits per heavy atom. The van der Waals surface area contributed by atoms with Gasteiger partial charge in [-0.1, -0.05) is 124 Å². The quantitative estimate of drug-likeness (QED) is 0.0491. The van der Waals surface area contributed by atoms with E-state index in [1.165, 1.54) is 70.6 Å². The van der Waals surface area contributed by atoms with E-state index in [0.29, 0.717) is 26.1 Å². The summed E-state index contributed by atoms with van der Waals surface area (Å²) in [5.41, 5.74) is -1.34. The van der Waals surface area contributed by atoms with Gasteiger partial charge in [0, 0.05) is 6.08 Å². The molecule has 6 heteroatoms. The monoisotopic (exact) mass is 578 g/mol. The molecule has 1 fully saturated rings. The van der Waals surface area contributed by atoms with Crippen molar-refractivity contribution in [2.75, 3.05) is 13.2 Å². The molecule has 1 saturated carbocycles. The Labute approximate surface area is 251 Å². The molecule has 238 valence electrons. The third kappa shape index (κ3) is 15.3. The molecule has 0 aliphatic heterocycles. The summed E-state index contributed by atoms with van der Waals surface area (Å²) < 4.78 is 16.8. The molecule has 0 bridgehead atoms. The fraction of sp³-hybridized carbons (Fsp3) is 0.857. The van der Waals surface area contributed by atoms with E-state index >= 15 is 0 Å². The van der Waals surface area contributed by atoms with Crippen molar-refractivity contribution in [2.45, 2.75) is 162 Å². The number of unbranched alkanes of at least 4 members (excludes halogenated alkanes) is 6.